The van der Waals surface area contributed by atoms with Crippen molar-refractivity contribution in [3.63, 3.8) is 0 Å². The van der Waals surface area contributed by atoms with Gasteiger partial charge in [-0.1, -0.05) is 41.4 Å². The van der Waals surface area contributed by atoms with E-state index in [1.165, 1.54) is 0 Å². The van der Waals surface area contributed by atoms with Crippen LogP contribution in [-0.4, -0.2) is 52.1 Å². The van der Waals surface area contributed by atoms with E-state index < -0.39 is 0 Å². The normalized spacial score (nSPS) is 17.4. The van der Waals surface area contributed by atoms with Crippen molar-refractivity contribution in [3.8, 4) is 16.9 Å². The Morgan fingerprint density at radius 1 is 1.11 bits per heavy atom. The van der Waals surface area contributed by atoms with E-state index in [0.29, 0.717) is 29.8 Å². The number of rotatable bonds is 8. The Labute approximate surface area is 210 Å². The monoisotopic (exact) mass is 492 g/mol. The predicted molar refractivity (Wildman–Crippen MR) is 136 cm³/mol. The molecule has 1 aliphatic heterocycles. The fourth-order valence-electron chi connectivity index (χ4n) is 4.32. The maximum atomic E-state index is 13.2. The van der Waals surface area contributed by atoms with Gasteiger partial charge in [-0.3, -0.25) is 19.5 Å². The van der Waals surface area contributed by atoms with Crippen LogP contribution in [0.2, 0.25) is 5.02 Å². The number of hydrogen-bond acceptors (Lipinski definition) is 4. The Kier molecular flexibility index (Phi) is 6.88. The lowest BCUT2D eigenvalue weighted by Gasteiger charge is -2.25. The minimum Gasteiger partial charge on any atom is -0.376 e. The van der Waals surface area contributed by atoms with Crippen molar-refractivity contribution in [1.29, 1.82) is 0 Å². The molecule has 2 heterocycles. The molecule has 182 valence electrons. The number of aromatic nitrogens is 2. The van der Waals surface area contributed by atoms with Crippen molar-refractivity contribution < 1.29 is 14.3 Å². The van der Waals surface area contributed by atoms with E-state index in [1.807, 2.05) is 66.2 Å². The van der Waals surface area contributed by atoms with Crippen LogP contribution in [0.1, 0.15) is 31.2 Å². The third-order valence-corrected chi connectivity index (χ3v) is 6.68. The van der Waals surface area contributed by atoms with Crippen LogP contribution in [-0.2, 0) is 14.3 Å². The van der Waals surface area contributed by atoms with Crippen molar-refractivity contribution in [3.05, 3.63) is 65.3 Å². The summed E-state index contributed by atoms with van der Waals surface area (Å²) in [4.78, 5) is 32.4. The highest BCUT2D eigenvalue weighted by Gasteiger charge is 2.35. The van der Waals surface area contributed by atoms with E-state index in [0.717, 1.165) is 42.5 Å². The minimum atomic E-state index is -0.279. The number of benzene rings is 2. The predicted octanol–water partition coefficient (Wildman–Crippen LogP) is 4.86. The Bertz CT molecular complexity index is 1200. The summed E-state index contributed by atoms with van der Waals surface area (Å²) in [7, 11) is 0. The number of amides is 2. The molecule has 3 aromatic rings. The standard InChI is InChI=1S/C27H29ClN4O3/c1-18-4-12-22(13-5-18)32-16-24(19-8-10-21(28)11-9-19)29-27(32)30-25(33)17-31(26(34)20-6-7-20)15-23-3-2-14-35-23/h4-5,8-13,16,20,23H,2-3,6-7,14-15,17H2,1H3,(H,29,30,33)/t23-/m1/s1. The zero-order chi connectivity index (χ0) is 24.4. The van der Waals surface area contributed by atoms with Crippen LogP contribution in [0.4, 0.5) is 5.95 Å². The SMILES string of the molecule is Cc1ccc(-n2cc(-c3ccc(Cl)cc3)nc2NC(=O)CN(C[C@H]2CCCO2)C(=O)C2CC2)cc1. The molecule has 1 N–H and O–H groups in total. The van der Waals surface area contributed by atoms with Gasteiger partial charge in [0.1, 0.15) is 6.54 Å². The number of carbonyl (C=O) groups excluding carboxylic acids is 2. The fraction of sp³-hybridized carbons (Fsp3) is 0.370. The van der Waals surface area contributed by atoms with E-state index in [9.17, 15) is 9.59 Å². The van der Waals surface area contributed by atoms with Crippen molar-refractivity contribution in [2.75, 3.05) is 25.0 Å². The number of nitrogens with zero attached hydrogens (tertiary/aromatic N) is 3. The number of hydrogen-bond donors (Lipinski definition) is 1. The molecule has 1 saturated heterocycles. The molecule has 2 aliphatic rings. The van der Waals surface area contributed by atoms with Crippen molar-refractivity contribution in [1.82, 2.24) is 14.5 Å². The molecule has 2 amide bonds. The van der Waals surface area contributed by atoms with E-state index in [2.05, 4.69) is 5.32 Å². The first kappa shape index (κ1) is 23.6. The first-order chi connectivity index (χ1) is 17.0. The summed E-state index contributed by atoms with van der Waals surface area (Å²) in [5.41, 5.74) is 3.62. The van der Waals surface area contributed by atoms with Gasteiger partial charge in [-0.25, -0.2) is 4.98 Å². The lowest BCUT2D eigenvalue weighted by Crippen LogP contribution is -2.43. The van der Waals surface area contributed by atoms with Gasteiger partial charge in [-0.05, 0) is 56.9 Å². The van der Waals surface area contributed by atoms with Crippen LogP contribution in [0.25, 0.3) is 16.9 Å². The van der Waals surface area contributed by atoms with E-state index >= 15 is 0 Å². The molecule has 7 nitrogen and oxygen atoms in total. The first-order valence-electron chi connectivity index (χ1n) is 12.1. The molecule has 0 bridgehead atoms. The number of aryl methyl sites for hydroxylation is 1. The highest BCUT2D eigenvalue weighted by atomic mass is 35.5. The summed E-state index contributed by atoms with van der Waals surface area (Å²) in [5.74, 6) is 0.202. The Balaban J connectivity index is 1.38. The van der Waals surface area contributed by atoms with Crippen molar-refractivity contribution in [2.24, 2.45) is 5.92 Å². The molecule has 2 aromatic carbocycles. The second-order valence-electron chi connectivity index (χ2n) is 9.34. The van der Waals surface area contributed by atoms with Gasteiger partial charge in [0.2, 0.25) is 17.8 Å². The quantitative estimate of drug-likeness (QED) is 0.487. The van der Waals surface area contributed by atoms with Gasteiger partial charge >= 0.3 is 0 Å². The Morgan fingerprint density at radius 2 is 1.86 bits per heavy atom. The molecule has 8 heteroatoms. The molecule has 0 unspecified atom stereocenters. The third-order valence-electron chi connectivity index (χ3n) is 6.43. The van der Waals surface area contributed by atoms with Crippen molar-refractivity contribution >= 4 is 29.4 Å². The summed E-state index contributed by atoms with van der Waals surface area (Å²) >= 11 is 6.05. The summed E-state index contributed by atoms with van der Waals surface area (Å²) in [6.45, 7) is 3.17. The minimum absolute atomic E-state index is 0.00319. The lowest BCUT2D eigenvalue weighted by atomic mass is 10.2. The molecule has 1 aromatic heterocycles. The third kappa shape index (κ3) is 5.74. The number of halogens is 1. The average Bonchev–Trinajstić information content (AvgIpc) is 3.42. The second kappa shape index (κ2) is 10.2. The van der Waals surface area contributed by atoms with E-state index in [1.54, 1.807) is 4.90 Å². The van der Waals surface area contributed by atoms with Crippen LogP contribution >= 0.6 is 11.6 Å². The topological polar surface area (TPSA) is 76.5 Å². The molecule has 1 aliphatic carbocycles. The zero-order valence-corrected chi connectivity index (χ0v) is 20.5. The summed E-state index contributed by atoms with van der Waals surface area (Å²) in [6, 6.07) is 15.4. The van der Waals surface area contributed by atoms with Crippen LogP contribution in [0, 0.1) is 12.8 Å². The van der Waals surface area contributed by atoms with Gasteiger partial charge in [-0.2, -0.15) is 0 Å². The van der Waals surface area contributed by atoms with Gasteiger partial charge in [0.25, 0.3) is 0 Å². The fourth-order valence-corrected chi connectivity index (χ4v) is 4.45. The van der Waals surface area contributed by atoms with Crippen LogP contribution in [0.3, 0.4) is 0 Å². The van der Waals surface area contributed by atoms with Crippen LogP contribution < -0.4 is 5.32 Å². The summed E-state index contributed by atoms with van der Waals surface area (Å²) in [5, 5.41) is 3.59. The smallest absolute Gasteiger partial charge is 0.246 e. The van der Waals surface area contributed by atoms with Gasteiger partial charge in [0.05, 0.1) is 11.8 Å². The maximum Gasteiger partial charge on any atom is 0.246 e. The number of carbonyl (C=O) groups is 2. The molecular weight excluding hydrogens is 464 g/mol. The van der Waals surface area contributed by atoms with Gasteiger partial charge < -0.3 is 9.64 Å². The van der Waals surface area contributed by atoms with E-state index in [4.69, 9.17) is 21.3 Å². The first-order valence-corrected chi connectivity index (χ1v) is 12.5. The second-order valence-corrected chi connectivity index (χ2v) is 9.77. The largest absolute Gasteiger partial charge is 0.376 e. The van der Waals surface area contributed by atoms with Gasteiger partial charge in [0, 0.05) is 41.5 Å². The van der Waals surface area contributed by atoms with Crippen LogP contribution in [0.5, 0.6) is 0 Å². The Morgan fingerprint density at radius 3 is 2.51 bits per heavy atom. The molecular formula is C27H29ClN4O3. The van der Waals surface area contributed by atoms with Crippen molar-refractivity contribution in [2.45, 2.75) is 38.7 Å². The molecule has 5 rings (SSSR count). The van der Waals surface area contributed by atoms with Gasteiger partial charge in [-0.15, -0.1) is 0 Å². The lowest BCUT2D eigenvalue weighted by molar-refractivity contribution is -0.137. The van der Waals surface area contributed by atoms with Gasteiger partial charge in [0.15, 0.2) is 0 Å². The molecule has 35 heavy (non-hydrogen) atoms. The highest BCUT2D eigenvalue weighted by molar-refractivity contribution is 6.30. The summed E-state index contributed by atoms with van der Waals surface area (Å²) < 4.78 is 7.58. The van der Waals surface area contributed by atoms with E-state index in [-0.39, 0.29) is 30.4 Å². The highest BCUT2D eigenvalue weighted by Crippen LogP contribution is 2.31. The number of imidazole rings is 1. The Hall–Kier alpha value is -3.16. The van der Waals surface area contributed by atoms with Crippen LogP contribution in [0.15, 0.2) is 54.7 Å². The summed E-state index contributed by atoms with van der Waals surface area (Å²) in [6.07, 6.45) is 5.58. The molecule has 0 radical (unpaired) electrons. The molecule has 0 spiro atoms. The zero-order valence-electron chi connectivity index (χ0n) is 19.7. The molecule has 1 atom stereocenters. The maximum absolute atomic E-state index is 13.2. The molecule has 1 saturated carbocycles. The number of nitrogens with one attached hydrogen (secondary N) is 1. The number of ether oxygens (including phenoxy) is 1. The average molecular weight is 493 g/mol. The number of anilines is 1. The molecule has 2 fully saturated rings.